The van der Waals surface area contributed by atoms with Crippen LogP contribution in [0.25, 0.3) is 6.08 Å². The number of carboxylic acid groups (broad SMARTS) is 1. The lowest BCUT2D eigenvalue weighted by Crippen LogP contribution is -2.28. The van der Waals surface area contributed by atoms with E-state index in [0.717, 1.165) is 12.1 Å². The standard InChI is InChI=1S/C16H21NO2/c1-3-14-5-4-10-17(14)15-8-6-13(11-12(15)2)7-9-16(18)19/h6-9,11,14H,3-5,10H2,1-2H3,(H,18,19)/b9-7+. The molecule has 1 aromatic rings. The van der Waals surface area contributed by atoms with Gasteiger partial charge in [0, 0.05) is 24.4 Å². The van der Waals surface area contributed by atoms with Crippen LogP contribution >= 0.6 is 0 Å². The Bertz CT molecular complexity index is 494. The molecule has 19 heavy (non-hydrogen) atoms. The lowest BCUT2D eigenvalue weighted by atomic mass is 10.1. The maximum absolute atomic E-state index is 10.5. The predicted octanol–water partition coefficient (Wildman–Crippen LogP) is 3.47. The quantitative estimate of drug-likeness (QED) is 0.842. The summed E-state index contributed by atoms with van der Waals surface area (Å²) in [7, 11) is 0. The summed E-state index contributed by atoms with van der Waals surface area (Å²) in [6, 6.07) is 6.82. The third-order valence-electron chi connectivity index (χ3n) is 3.80. The van der Waals surface area contributed by atoms with Crippen molar-refractivity contribution in [3.63, 3.8) is 0 Å². The molecular formula is C16H21NO2. The number of hydrogen-bond acceptors (Lipinski definition) is 2. The zero-order valence-electron chi connectivity index (χ0n) is 11.6. The Hall–Kier alpha value is -1.77. The van der Waals surface area contributed by atoms with Crippen molar-refractivity contribution < 1.29 is 9.90 Å². The number of benzene rings is 1. The van der Waals surface area contributed by atoms with E-state index in [1.165, 1.54) is 36.6 Å². The average molecular weight is 259 g/mol. The van der Waals surface area contributed by atoms with Crippen molar-refractivity contribution in [3.8, 4) is 0 Å². The number of aryl methyl sites for hydroxylation is 1. The Morgan fingerprint density at radius 3 is 2.95 bits per heavy atom. The fourth-order valence-electron chi connectivity index (χ4n) is 2.85. The van der Waals surface area contributed by atoms with E-state index in [2.05, 4.69) is 30.9 Å². The molecule has 0 saturated carbocycles. The van der Waals surface area contributed by atoms with Crippen molar-refractivity contribution in [1.82, 2.24) is 0 Å². The van der Waals surface area contributed by atoms with Crippen molar-refractivity contribution in [2.24, 2.45) is 0 Å². The van der Waals surface area contributed by atoms with Crippen molar-refractivity contribution in [1.29, 1.82) is 0 Å². The molecule has 1 unspecified atom stereocenters. The Balaban J connectivity index is 2.22. The summed E-state index contributed by atoms with van der Waals surface area (Å²) in [6.07, 6.45) is 6.54. The van der Waals surface area contributed by atoms with Crippen molar-refractivity contribution in [2.45, 2.75) is 39.2 Å². The van der Waals surface area contributed by atoms with Crippen molar-refractivity contribution in [2.75, 3.05) is 11.4 Å². The molecule has 3 nitrogen and oxygen atoms in total. The van der Waals surface area contributed by atoms with Gasteiger partial charge in [-0.05, 0) is 55.5 Å². The molecule has 0 aliphatic carbocycles. The Kier molecular flexibility index (Phi) is 4.25. The smallest absolute Gasteiger partial charge is 0.328 e. The summed E-state index contributed by atoms with van der Waals surface area (Å²) in [5.41, 5.74) is 3.45. The maximum atomic E-state index is 10.5. The van der Waals surface area contributed by atoms with Crippen LogP contribution in [0.15, 0.2) is 24.3 Å². The first kappa shape index (κ1) is 13.7. The normalized spacial score (nSPS) is 19.3. The van der Waals surface area contributed by atoms with Gasteiger partial charge in [-0.2, -0.15) is 0 Å². The SMILES string of the molecule is CCC1CCCN1c1ccc(/C=C/C(=O)O)cc1C. The number of hydrogen-bond donors (Lipinski definition) is 1. The first-order valence-electron chi connectivity index (χ1n) is 6.90. The molecule has 0 aromatic heterocycles. The second-order valence-corrected chi connectivity index (χ2v) is 5.12. The second-order valence-electron chi connectivity index (χ2n) is 5.12. The van der Waals surface area contributed by atoms with Crippen LogP contribution < -0.4 is 4.90 Å². The minimum atomic E-state index is -0.910. The van der Waals surface area contributed by atoms with Crippen LogP contribution in [0.1, 0.15) is 37.3 Å². The second kappa shape index (κ2) is 5.91. The fourth-order valence-corrected chi connectivity index (χ4v) is 2.85. The average Bonchev–Trinajstić information content (AvgIpc) is 2.84. The van der Waals surface area contributed by atoms with E-state index >= 15 is 0 Å². The zero-order chi connectivity index (χ0) is 13.8. The molecule has 1 N–H and O–H groups in total. The molecule has 1 atom stereocenters. The first-order valence-corrected chi connectivity index (χ1v) is 6.90. The summed E-state index contributed by atoms with van der Waals surface area (Å²) < 4.78 is 0. The van der Waals surface area contributed by atoms with Crippen molar-refractivity contribution in [3.05, 3.63) is 35.4 Å². The Labute approximate surface area is 114 Å². The molecule has 3 heteroatoms. The van der Waals surface area contributed by atoms with Crippen LogP contribution in [0.4, 0.5) is 5.69 Å². The summed E-state index contributed by atoms with van der Waals surface area (Å²) in [6.45, 7) is 5.46. The van der Waals surface area contributed by atoms with Gasteiger partial charge in [-0.1, -0.05) is 13.0 Å². The highest BCUT2D eigenvalue weighted by atomic mass is 16.4. The predicted molar refractivity (Wildman–Crippen MR) is 78.5 cm³/mol. The third kappa shape index (κ3) is 3.16. The highest BCUT2D eigenvalue weighted by Gasteiger charge is 2.23. The summed E-state index contributed by atoms with van der Waals surface area (Å²) in [5.74, 6) is -0.910. The summed E-state index contributed by atoms with van der Waals surface area (Å²) >= 11 is 0. The highest BCUT2D eigenvalue weighted by Crippen LogP contribution is 2.30. The molecule has 0 spiro atoms. The molecule has 1 aliphatic heterocycles. The van der Waals surface area contributed by atoms with Gasteiger partial charge in [0.2, 0.25) is 0 Å². The summed E-state index contributed by atoms with van der Waals surface area (Å²) in [4.78, 5) is 13.0. The van der Waals surface area contributed by atoms with Gasteiger partial charge in [0.1, 0.15) is 0 Å². The minimum Gasteiger partial charge on any atom is -0.478 e. The first-order chi connectivity index (χ1) is 9.11. The molecule has 0 amide bonds. The largest absolute Gasteiger partial charge is 0.478 e. The van der Waals surface area contributed by atoms with Gasteiger partial charge in [0.05, 0.1) is 0 Å². The third-order valence-corrected chi connectivity index (χ3v) is 3.80. The molecule has 0 radical (unpaired) electrons. The van der Waals surface area contributed by atoms with Crippen LogP contribution in [0.5, 0.6) is 0 Å². The molecule has 2 rings (SSSR count). The number of carboxylic acids is 1. The van der Waals surface area contributed by atoms with Gasteiger partial charge < -0.3 is 10.0 Å². The molecule has 1 saturated heterocycles. The Morgan fingerprint density at radius 2 is 2.32 bits per heavy atom. The number of nitrogens with zero attached hydrogens (tertiary/aromatic N) is 1. The topological polar surface area (TPSA) is 40.5 Å². The Morgan fingerprint density at radius 1 is 1.53 bits per heavy atom. The zero-order valence-corrected chi connectivity index (χ0v) is 11.6. The van der Waals surface area contributed by atoms with E-state index in [9.17, 15) is 4.79 Å². The molecule has 1 aromatic carbocycles. The molecule has 1 fully saturated rings. The maximum Gasteiger partial charge on any atom is 0.328 e. The van der Waals surface area contributed by atoms with E-state index in [0.29, 0.717) is 6.04 Å². The fraction of sp³-hybridized carbons (Fsp3) is 0.438. The van der Waals surface area contributed by atoms with E-state index in [-0.39, 0.29) is 0 Å². The van der Waals surface area contributed by atoms with E-state index in [4.69, 9.17) is 5.11 Å². The molecule has 1 aliphatic rings. The van der Waals surface area contributed by atoms with Gasteiger partial charge in [-0.25, -0.2) is 4.79 Å². The molecule has 102 valence electrons. The van der Waals surface area contributed by atoms with Crippen LogP contribution in [-0.4, -0.2) is 23.7 Å². The van der Waals surface area contributed by atoms with E-state index in [1.54, 1.807) is 6.08 Å². The van der Waals surface area contributed by atoms with Gasteiger partial charge in [0.15, 0.2) is 0 Å². The summed E-state index contributed by atoms with van der Waals surface area (Å²) in [5, 5.41) is 8.64. The monoisotopic (exact) mass is 259 g/mol. The van der Waals surface area contributed by atoms with Crippen LogP contribution in [0, 0.1) is 6.92 Å². The highest BCUT2D eigenvalue weighted by molar-refractivity contribution is 5.85. The number of rotatable bonds is 4. The van der Waals surface area contributed by atoms with Crippen LogP contribution in [-0.2, 0) is 4.79 Å². The van der Waals surface area contributed by atoms with E-state index < -0.39 is 5.97 Å². The molecular weight excluding hydrogens is 238 g/mol. The van der Waals surface area contributed by atoms with Crippen LogP contribution in [0.2, 0.25) is 0 Å². The van der Waals surface area contributed by atoms with Gasteiger partial charge >= 0.3 is 5.97 Å². The van der Waals surface area contributed by atoms with Crippen molar-refractivity contribution >= 4 is 17.7 Å². The lowest BCUT2D eigenvalue weighted by molar-refractivity contribution is -0.131. The number of carbonyl (C=O) groups is 1. The molecule has 0 bridgehead atoms. The minimum absolute atomic E-state index is 0.652. The van der Waals surface area contributed by atoms with Gasteiger partial charge in [-0.15, -0.1) is 0 Å². The van der Waals surface area contributed by atoms with Crippen LogP contribution in [0.3, 0.4) is 0 Å². The van der Waals surface area contributed by atoms with E-state index in [1.807, 2.05) is 6.07 Å². The lowest BCUT2D eigenvalue weighted by Gasteiger charge is -2.27. The molecule has 1 heterocycles. The number of anilines is 1. The number of aliphatic carboxylic acids is 1. The van der Waals surface area contributed by atoms with Gasteiger partial charge in [-0.3, -0.25) is 0 Å². The van der Waals surface area contributed by atoms with Gasteiger partial charge in [0.25, 0.3) is 0 Å².